The molecule has 0 N–H and O–H groups in total. The molecular weight excluding hydrogens is 136 g/mol. The van der Waals surface area contributed by atoms with Crippen molar-refractivity contribution in [3.05, 3.63) is 0 Å². The highest BCUT2D eigenvalue weighted by Crippen LogP contribution is 2.22. The van der Waals surface area contributed by atoms with Gasteiger partial charge in [-0.15, -0.1) is 0 Å². The summed E-state index contributed by atoms with van der Waals surface area (Å²) in [5.41, 5.74) is 0. The molecule has 2 atom stereocenters. The van der Waals surface area contributed by atoms with Crippen LogP contribution in [0.4, 0.5) is 0 Å². The number of nitriles is 1. The van der Waals surface area contributed by atoms with Crippen LogP contribution in [0, 0.1) is 29.7 Å². The zero-order valence-electron chi connectivity index (χ0n) is 6.88. The lowest BCUT2D eigenvalue weighted by Crippen LogP contribution is -2.40. The van der Waals surface area contributed by atoms with Gasteiger partial charge in [0.2, 0.25) is 0 Å². The van der Waals surface area contributed by atoms with E-state index in [9.17, 15) is 0 Å². The maximum absolute atomic E-state index is 8.66. The predicted molar refractivity (Wildman–Crippen MR) is 43.1 cm³/mol. The molecule has 0 bridgehead atoms. The molecule has 0 saturated carbocycles. The van der Waals surface area contributed by atoms with E-state index < -0.39 is 0 Å². The first-order valence-electron chi connectivity index (χ1n) is 4.00. The van der Waals surface area contributed by atoms with Gasteiger partial charge >= 0.3 is 0 Å². The molecule has 0 aromatic carbocycles. The summed E-state index contributed by atoms with van der Waals surface area (Å²) in [7, 11) is 0. The van der Waals surface area contributed by atoms with Crippen LogP contribution < -0.4 is 0 Å². The third-order valence-corrected chi connectivity index (χ3v) is 2.54. The quantitative estimate of drug-likeness (QED) is 0.402. The van der Waals surface area contributed by atoms with Crippen molar-refractivity contribution < 1.29 is 4.48 Å². The van der Waals surface area contributed by atoms with Crippen LogP contribution in [0.15, 0.2) is 0 Å². The fourth-order valence-electron chi connectivity index (χ4n) is 1.61. The molecule has 2 heteroatoms. The van der Waals surface area contributed by atoms with Crippen LogP contribution >= 0.6 is 0 Å². The van der Waals surface area contributed by atoms with Crippen LogP contribution in [0.3, 0.4) is 0 Å². The highest BCUT2D eigenvalue weighted by molar-refractivity contribution is 4.89. The van der Waals surface area contributed by atoms with Gasteiger partial charge in [-0.05, 0) is 6.92 Å². The first-order valence-corrected chi connectivity index (χ1v) is 4.00. The average Bonchev–Trinajstić information content (AvgIpc) is 2.49. The van der Waals surface area contributed by atoms with E-state index in [0.717, 1.165) is 26.1 Å². The molecule has 1 rings (SSSR count). The Bertz CT molecular complexity index is 221. The highest BCUT2D eigenvalue weighted by atomic mass is 15.3. The normalized spacial score (nSPS) is 36.1. The van der Waals surface area contributed by atoms with Crippen LogP contribution in [0.1, 0.15) is 13.3 Å². The summed E-state index contributed by atoms with van der Waals surface area (Å²) in [4.78, 5) is 0. The van der Waals surface area contributed by atoms with Crippen molar-refractivity contribution >= 4 is 0 Å². The van der Waals surface area contributed by atoms with Gasteiger partial charge < -0.3 is 0 Å². The molecule has 0 amide bonds. The smallest absolute Gasteiger partial charge is 0.133 e. The zero-order chi connectivity index (χ0) is 8.32. The van der Waals surface area contributed by atoms with E-state index in [4.69, 9.17) is 11.7 Å². The lowest BCUT2D eigenvalue weighted by Gasteiger charge is -2.23. The fourth-order valence-corrected chi connectivity index (χ4v) is 1.61. The summed E-state index contributed by atoms with van der Waals surface area (Å²) in [6, 6.07) is 5.05. The maximum Gasteiger partial charge on any atom is 0.133 e. The molecule has 58 valence electrons. The average molecular weight is 149 g/mol. The minimum atomic E-state index is 0.186. The van der Waals surface area contributed by atoms with Crippen LogP contribution in [0.25, 0.3) is 0 Å². The highest BCUT2D eigenvalue weighted by Gasteiger charge is 2.35. The SMILES string of the molecule is C#C[N+]1(CC)CCC(C#N)C1. The third-order valence-electron chi connectivity index (χ3n) is 2.54. The van der Waals surface area contributed by atoms with Gasteiger partial charge in [0.25, 0.3) is 0 Å². The second-order valence-corrected chi connectivity index (χ2v) is 3.11. The second kappa shape index (κ2) is 2.95. The Balaban J connectivity index is 2.66. The standard InChI is InChI=1S/C9H13N2/c1-3-11(4-2)6-5-9(7-10)8-11/h1,9H,4-6,8H2,2H3/q+1. The molecule has 11 heavy (non-hydrogen) atoms. The molecule has 1 aliphatic heterocycles. The number of quaternary nitrogens is 1. The minimum Gasteiger partial charge on any atom is -0.246 e. The first-order chi connectivity index (χ1) is 5.26. The number of nitrogens with zero attached hydrogens (tertiary/aromatic N) is 2. The fraction of sp³-hybridized carbons (Fsp3) is 0.667. The topological polar surface area (TPSA) is 23.8 Å². The van der Waals surface area contributed by atoms with E-state index >= 15 is 0 Å². The van der Waals surface area contributed by atoms with Gasteiger partial charge in [-0.25, -0.2) is 4.48 Å². The van der Waals surface area contributed by atoms with E-state index in [1.54, 1.807) is 0 Å². The molecule has 0 spiro atoms. The van der Waals surface area contributed by atoms with E-state index in [1.165, 1.54) is 0 Å². The van der Waals surface area contributed by atoms with Crippen LogP contribution in [0.5, 0.6) is 0 Å². The number of hydrogen-bond acceptors (Lipinski definition) is 1. The summed E-state index contributed by atoms with van der Waals surface area (Å²) in [5, 5.41) is 8.66. The molecule has 0 aromatic heterocycles. The predicted octanol–water partition coefficient (Wildman–Crippen LogP) is 0.957. The Kier molecular flexibility index (Phi) is 2.17. The van der Waals surface area contributed by atoms with Crippen molar-refractivity contribution in [3.63, 3.8) is 0 Å². The summed E-state index contributed by atoms with van der Waals surface area (Å²) in [6.07, 6.45) is 6.38. The maximum atomic E-state index is 8.66. The largest absolute Gasteiger partial charge is 0.246 e. The lowest BCUT2D eigenvalue weighted by atomic mass is 10.1. The molecular formula is C9H13N2+. The van der Waals surface area contributed by atoms with Gasteiger partial charge in [0.05, 0.1) is 19.2 Å². The van der Waals surface area contributed by atoms with Crippen LogP contribution in [-0.2, 0) is 0 Å². The lowest BCUT2D eigenvalue weighted by molar-refractivity contribution is -0.850. The third kappa shape index (κ3) is 1.37. The van der Waals surface area contributed by atoms with Crippen LogP contribution in [-0.4, -0.2) is 24.1 Å². The molecule has 1 fully saturated rings. The van der Waals surface area contributed by atoms with Crippen molar-refractivity contribution in [3.8, 4) is 18.5 Å². The molecule has 2 nitrogen and oxygen atoms in total. The molecule has 1 heterocycles. The van der Waals surface area contributed by atoms with Crippen molar-refractivity contribution in [1.29, 1.82) is 5.26 Å². The minimum absolute atomic E-state index is 0.186. The molecule has 0 aromatic rings. The van der Waals surface area contributed by atoms with E-state index in [-0.39, 0.29) is 5.92 Å². The molecule has 0 aliphatic carbocycles. The van der Waals surface area contributed by atoms with Gasteiger partial charge in [-0.3, -0.25) is 0 Å². The van der Waals surface area contributed by atoms with E-state index in [1.807, 2.05) is 0 Å². The summed E-state index contributed by atoms with van der Waals surface area (Å²) in [5.74, 6) is 0.186. The first kappa shape index (κ1) is 8.11. The summed E-state index contributed by atoms with van der Waals surface area (Å²) < 4.78 is 0.693. The molecule has 0 radical (unpaired) electrons. The molecule has 2 unspecified atom stereocenters. The molecule has 1 saturated heterocycles. The van der Waals surface area contributed by atoms with E-state index in [2.05, 4.69) is 19.0 Å². The number of rotatable bonds is 1. The van der Waals surface area contributed by atoms with Gasteiger partial charge in [0, 0.05) is 6.42 Å². The Morgan fingerprint density at radius 1 is 1.73 bits per heavy atom. The number of likely N-dealkylation sites (tertiary alicyclic amines) is 1. The van der Waals surface area contributed by atoms with E-state index in [0.29, 0.717) is 4.48 Å². The Labute approximate surface area is 68.0 Å². The Morgan fingerprint density at radius 2 is 2.45 bits per heavy atom. The summed E-state index contributed by atoms with van der Waals surface area (Å²) >= 11 is 0. The van der Waals surface area contributed by atoms with Crippen LogP contribution in [0.2, 0.25) is 0 Å². The van der Waals surface area contributed by atoms with Gasteiger partial charge in [-0.1, -0.05) is 6.42 Å². The Hall–Kier alpha value is -0.990. The van der Waals surface area contributed by atoms with Gasteiger partial charge in [-0.2, -0.15) is 5.26 Å². The van der Waals surface area contributed by atoms with Crippen molar-refractivity contribution in [1.82, 2.24) is 0 Å². The second-order valence-electron chi connectivity index (χ2n) is 3.11. The number of hydrogen-bond donors (Lipinski definition) is 0. The molecule has 1 aliphatic rings. The van der Waals surface area contributed by atoms with Gasteiger partial charge in [0.1, 0.15) is 18.5 Å². The summed E-state index contributed by atoms with van der Waals surface area (Å²) in [6.45, 7) is 4.86. The van der Waals surface area contributed by atoms with Crippen molar-refractivity contribution in [2.45, 2.75) is 13.3 Å². The number of terminal acetylenes is 1. The van der Waals surface area contributed by atoms with Crippen molar-refractivity contribution in [2.75, 3.05) is 19.6 Å². The van der Waals surface area contributed by atoms with Crippen molar-refractivity contribution in [2.24, 2.45) is 5.92 Å². The monoisotopic (exact) mass is 149 g/mol. The van der Waals surface area contributed by atoms with Gasteiger partial charge in [0.15, 0.2) is 0 Å². The zero-order valence-corrected chi connectivity index (χ0v) is 6.88. The Morgan fingerprint density at radius 3 is 2.73 bits per heavy atom.